The van der Waals surface area contributed by atoms with E-state index in [1.165, 1.54) is 0 Å². The Balaban J connectivity index is 2.26. The third kappa shape index (κ3) is 1.60. The zero-order chi connectivity index (χ0) is 11.9. The predicted molar refractivity (Wildman–Crippen MR) is 56.4 cm³/mol. The average molecular weight is 224 g/mol. The Labute approximate surface area is 94.2 Å². The predicted octanol–water partition coefficient (Wildman–Crippen LogP) is 1.03. The zero-order valence-corrected chi connectivity index (χ0v) is 9.58. The Bertz CT molecular complexity index is 362. The highest BCUT2D eigenvalue weighted by atomic mass is 16.2. The summed E-state index contributed by atoms with van der Waals surface area (Å²) in [6.45, 7) is 4.08. The molecule has 5 nitrogen and oxygen atoms in total. The zero-order valence-electron chi connectivity index (χ0n) is 9.58. The maximum atomic E-state index is 11.6. The van der Waals surface area contributed by atoms with Gasteiger partial charge in [0.1, 0.15) is 0 Å². The maximum absolute atomic E-state index is 11.6. The van der Waals surface area contributed by atoms with Gasteiger partial charge in [0, 0.05) is 6.04 Å². The van der Waals surface area contributed by atoms with Crippen molar-refractivity contribution in [3.8, 4) is 0 Å². The molecule has 2 rings (SSSR count). The lowest BCUT2D eigenvalue weighted by Gasteiger charge is -2.41. The van der Waals surface area contributed by atoms with E-state index in [1.54, 1.807) is 0 Å². The van der Waals surface area contributed by atoms with Crippen LogP contribution in [0.5, 0.6) is 0 Å². The first kappa shape index (κ1) is 11.1. The summed E-state index contributed by atoms with van der Waals surface area (Å²) in [7, 11) is 0. The van der Waals surface area contributed by atoms with Crippen molar-refractivity contribution >= 4 is 17.8 Å². The number of nitrogens with one attached hydrogen (secondary N) is 1. The van der Waals surface area contributed by atoms with E-state index in [4.69, 9.17) is 0 Å². The van der Waals surface area contributed by atoms with Gasteiger partial charge in [0.25, 0.3) is 0 Å². The van der Waals surface area contributed by atoms with Crippen LogP contribution in [0, 0.1) is 5.41 Å². The SMILES string of the molecule is CC1(C)CCCCC1N1C(=O)NC(=O)C1=O. The molecule has 88 valence electrons. The first-order chi connectivity index (χ1) is 7.43. The Morgan fingerprint density at radius 1 is 1.25 bits per heavy atom. The van der Waals surface area contributed by atoms with Gasteiger partial charge in [0.2, 0.25) is 0 Å². The lowest BCUT2D eigenvalue weighted by Crippen LogP contribution is -2.50. The quantitative estimate of drug-likeness (QED) is 0.534. The van der Waals surface area contributed by atoms with E-state index in [1.807, 2.05) is 13.8 Å². The highest BCUT2D eigenvalue weighted by Gasteiger charge is 2.47. The number of amides is 4. The van der Waals surface area contributed by atoms with E-state index < -0.39 is 17.8 Å². The summed E-state index contributed by atoms with van der Waals surface area (Å²) >= 11 is 0. The Morgan fingerprint density at radius 2 is 1.94 bits per heavy atom. The molecule has 0 spiro atoms. The molecule has 1 saturated heterocycles. The van der Waals surface area contributed by atoms with Gasteiger partial charge in [-0.05, 0) is 18.3 Å². The molecule has 2 aliphatic rings. The minimum absolute atomic E-state index is 0.101. The molecular weight excluding hydrogens is 208 g/mol. The Kier molecular flexibility index (Phi) is 2.48. The summed E-state index contributed by atoms with van der Waals surface area (Å²) in [6.07, 6.45) is 3.88. The van der Waals surface area contributed by atoms with Crippen LogP contribution in [-0.4, -0.2) is 28.8 Å². The number of hydrogen-bond acceptors (Lipinski definition) is 3. The summed E-state index contributed by atoms with van der Waals surface area (Å²) in [5.41, 5.74) is -0.101. The van der Waals surface area contributed by atoms with E-state index in [0.29, 0.717) is 0 Å². The number of rotatable bonds is 1. The van der Waals surface area contributed by atoms with Crippen molar-refractivity contribution < 1.29 is 14.4 Å². The van der Waals surface area contributed by atoms with Crippen molar-refractivity contribution in [3.05, 3.63) is 0 Å². The van der Waals surface area contributed by atoms with Crippen molar-refractivity contribution in [3.63, 3.8) is 0 Å². The summed E-state index contributed by atoms with van der Waals surface area (Å²) in [5, 5.41) is 2.05. The topological polar surface area (TPSA) is 66.5 Å². The van der Waals surface area contributed by atoms with Crippen LogP contribution in [0.25, 0.3) is 0 Å². The van der Waals surface area contributed by atoms with Crippen LogP contribution in [0.1, 0.15) is 39.5 Å². The molecule has 16 heavy (non-hydrogen) atoms. The molecular formula is C11H16N2O3. The Hall–Kier alpha value is -1.39. The molecule has 0 aromatic rings. The highest BCUT2D eigenvalue weighted by Crippen LogP contribution is 2.39. The fraction of sp³-hybridized carbons (Fsp3) is 0.727. The molecule has 4 amide bonds. The fourth-order valence-electron chi connectivity index (χ4n) is 2.65. The largest absolute Gasteiger partial charge is 0.331 e. The number of imide groups is 2. The first-order valence-electron chi connectivity index (χ1n) is 5.62. The van der Waals surface area contributed by atoms with Crippen LogP contribution in [0.15, 0.2) is 0 Å². The van der Waals surface area contributed by atoms with Crippen LogP contribution in [0.3, 0.4) is 0 Å². The van der Waals surface area contributed by atoms with Crippen LogP contribution in [0.2, 0.25) is 0 Å². The van der Waals surface area contributed by atoms with E-state index >= 15 is 0 Å². The van der Waals surface area contributed by atoms with E-state index in [0.717, 1.165) is 30.6 Å². The third-order valence-corrected chi connectivity index (χ3v) is 3.61. The standard InChI is InChI=1S/C11H16N2O3/c1-11(2)6-4-3-5-7(11)13-9(15)8(14)12-10(13)16/h7H,3-6H2,1-2H3,(H,12,14,16). The Morgan fingerprint density at radius 3 is 2.44 bits per heavy atom. The second kappa shape index (κ2) is 3.57. The second-order valence-corrected chi connectivity index (χ2v) is 5.18. The van der Waals surface area contributed by atoms with Gasteiger partial charge in [-0.2, -0.15) is 0 Å². The van der Waals surface area contributed by atoms with Crippen molar-refractivity contribution in [1.29, 1.82) is 0 Å². The minimum Gasteiger partial charge on any atom is -0.269 e. The molecule has 1 unspecified atom stereocenters. The average Bonchev–Trinajstić information content (AvgIpc) is 2.42. The molecule has 1 N–H and O–H groups in total. The molecule has 1 heterocycles. The van der Waals surface area contributed by atoms with Gasteiger partial charge in [0.05, 0.1) is 0 Å². The third-order valence-electron chi connectivity index (χ3n) is 3.61. The van der Waals surface area contributed by atoms with Crippen molar-refractivity contribution in [2.24, 2.45) is 5.41 Å². The summed E-state index contributed by atoms with van der Waals surface area (Å²) < 4.78 is 0. The maximum Gasteiger partial charge on any atom is 0.331 e. The van der Waals surface area contributed by atoms with E-state index in [9.17, 15) is 14.4 Å². The molecule has 0 aromatic carbocycles. The van der Waals surface area contributed by atoms with Crippen molar-refractivity contribution in [2.75, 3.05) is 0 Å². The molecule has 1 saturated carbocycles. The van der Waals surface area contributed by atoms with Crippen LogP contribution < -0.4 is 5.32 Å². The number of carbonyl (C=O) groups excluding carboxylic acids is 3. The van der Waals surface area contributed by atoms with E-state index in [-0.39, 0.29) is 11.5 Å². The molecule has 0 bridgehead atoms. The van der Waals surface area contributed by atoms with Gasteiger partial charge in [-0.1, -0.05) is 26.7 Å². The van der Waals surface area contributed by atoms with Crippen molar-refractivity contribution in [1.82, 2.24) is 10.2 Å². The van der Waals surface area contributed by atoms with Gasteiger partial charge in [-0.3, -0.25) is 19.8 Å². The lowest BCUT2D eigenvalue weighted by atomic mass is 9.72. The summed E-state index contributed by atoms with van der Waals surface area (Å²) in [5.74, 6) is -1.50. The smallest absolute Gasteiger partial charge is 0.269 e. The van der Waals surface area contributed by atoms with Gasteiger partial charge < -0.3 is 0 Å². The molecule has 1 atom stereocenters. The lowest BCUT2D eigenvalue weighted by molar-refractivity contribution is -0.142. The molecule has 5 heteroatoms. The van der Waals surface area contributed by atoms with Gasteiger partial charge in [-0.15, -0.1) is 0 Å². The van der Waals surface area contributed by atoms with E-state index in [2.05, 4.69) is 5.32 Å². The number of carbonyl (C=O) groups is 3. The molecule has 0 radical (unpaired) electrons. The van der Waals surface area contributed by atoms with Crippen LogP contribution in [0.4, 0.5) is 4.79 Å². The van der Waals surface area contributed by atoms with Gasteiger partial charge in [0.15, 0.2) is 0 Å². The highest BCUT2D eigenvalue weighted by molar-refractivity contribution is 6.44. The molecule has 0 aromatic heterocycles. The minimum atomic E-state index is -0.800. The molecule has 2 fully saturated rings. The summed E-state index contributed by atoms with van der Waals surface area (Å²) in [4.78, 5) is 35.4. The normalized spacial score (nSPS) is 29.5. The second-order valence-electron chi connectivity index (χ2n) is 5.18. The summed E-state index contributed by atoms with van der Waals surface area (Å²) in [6, 6.07) is -0.713. The van der Waals surface area contributed by atoms with Crippen LogP contribution in [-0.2, 0) is 9.59 Å². The molecule has 1 aliphatic carbocycles. The van der Waals surface area contributed by atoms with Gasteiger partial charge in [-0.25, -0.2) is 4.79 Å². The molecule has 1 aliphatic heterocycles. The van der Waals surface area contributed by atoms with Crippen LogP contribution >= 0.6 is 0 Å². The fourth-order valence-corrected chi connectivity index (χ4v) is 2.65. The van der Waals surface area contributed by atoms with Crippen molar-refractivity contribution in [2.45, 2.75) is 45.6 Å². The number of urea groups is 1. The number of hydrogen-bond donors (Lipinski definition) is 1. The first-order valence-corrected chi connectivity index (χ1v) is 5.62. The monoisotopic (exact) mass is 224 g/mol. The van der Waals surface area contributed by atoms with Gasteiger partial charge >= 0.3 is 17.8 Å². The number of nitrogens with zero attached hydrogens (tertiary/aromatic N) is 1.